The van der Waals surface area contributed by atoms with Crippen LogP contribution in [-0.4, -0.2) is 35.7 Å². The summed E-state index contributed by atoms with van der Waals surface area (Å²) >= 11 is 0. The highest BCUT2D eigenvalue weighted by molar-refractivity contribution is 5.89. The van der Waals surface area contributed by atoms with Crippen LogP contribution in [0.3, 0.4) is 0 Å². The molecule has 30 heavy (non-hydrogen) atoms. The fraction of sp³-hybridized carbons (Fsp3) is 0.286. The predicted octanol–water partition coefficient (Wildman–Crippen LogP) is 3.08. The summed E-state index contributed by atoms with van der Waals surface area (Å²) in [6.45, 7) is 5.27. The quantitative estimate of drug-likeness (QED) is 0.483. The molecule has 0 saturated carbocycles. The Balaban J connectivity index is 1.31. The Kier molecular flexibility index (Phi) is 5.69. The summed E-state index contributed by atoms with van der Waals surface area (Å²) in [7, 11) is 0. The van der Waals surface area contributed by atoms with Crippen molar-refractivity contribution in [2.24, 2.45) is 0 Å². The van der Waals surface area contributed by atoms with E-state index in [1.165, 1.54) is 0 Å². The maximum absolute atomic E-state index is 12.3. The van der Waals surface area contributed by atoms with Crippen LogP contribution in [0.5, 0.6) is 0 Å². The molecule has 4 aromatic rings. The van der Waals surface area contributed by atoms with Gasteiger partial charge in [0.25, 0.3) is 5.89 Å². The molecule has 9 nitrogen and oxygen atoms in total. The second kappa shape index (κ2) is 8.73. The fourth-order valence-electron chi connectivity index (χ4n) is 3.13. The van der Waals surface area contributed by atoms with Gasteiger partial charge in [0.1, 0.15) is 5.69 Å². The molecule has 0 unspecified atom stereocenters. The molecule has 0 aliphatic heterocycles. The molecule has 0 bridgehead atoms. The van der Waals surface area contributed by atoms with E-state index >= 15 is 0 Å². The zero-order chi connectivity index (χ0) is 20.9. The van der Waals surface area contributed by atoms with E-state index in [1.54, 1.807) is 10.7 Å². The van der Waals surface area contributed by atoms with Crippen molar-refractivity contribution < 1.29 is 9.21 Å². The zero-order valence-electron chi connectivity index (χ0n) is 16.9. The first-order valence-corrected chi connectivity index (χ1v) is 9.85. The van der Waals surface area contributed by atoms with Crippen LogP contribution in [-0.2, 0) is 24.3 Å². The van der Waals surface area contributed by atoms with E-state index in [-0.39, 0.29) is 12.3 Å². The minimum Gasteiger partial charge on any atom is -0.419 e. The van der Waals surface area contributed by atoms with Crippen LogP contribution in [0.2, 0.25) is 0 Å². The number of anilines is 1. The maximum Gasteiger partial charge on any atom is 0.265 e. The molecule has 0 fully saturated rings. The lowest BCUT2D eigenvalue weighted by molar-refractivity contribution is -0.116. The third kappa shape index (κ3) is 4.62. The number of rotatable bonds is 8. The van der Waals surface area contributed by atoms with Crippen LogP contribution in [0.25, 0.3) is 11.6 Å². The van der Waals surface area contributed by atoms with Crippen molar-refractivity contribution in [1.29, 1.82) is 0 Å². The largest absolute Gasteiger partial charge is 0.419 e. The molecule has 3 aromatic heterocycles. The van der Waals surface area contributed by atoms with Crippen molar-refractivity contribution in [1.82, 2.24) is 29.8 Å². The van der Waals surface area contributed by atoms with Crippen molar-refractivity contribution in [3.05, 3.63) is 65.8 Å². The molecule has 9 heteroatoms. The van der Waals surface area contributed by atoms with E-state index in [1.807, 2.05) is 61.1 Å². The number of nitrogens with one attached hydrogen (secondary N) is 1. The van der Waals surface area contributed by atoms with Gasteiger partial charge in [0.15, 0.2) is 5.82 Å². The first kappa shape index (κ1) is 19.6. The fourth-order valence-corrected chi connectivity index (χ4v) is 3.13. The highest BCUT2D eigenvalue weighted by atomic mass is 16.4. The van der Waals surface area contributed by atoms with Gasteiger partial charge in [0.05, 0.1) is 12.2 Å². The Hall–Kier alpha value is -3.75. The van der Waals surface area contributed by atoms with Crippen LogP contribution in [0.4, 0.5) is 5.82 Å². The van der Waals surface area contributed by atoms with E-state index in [4.69, 9.17) is 4.42 Å². The van der Waals surface area contributed by atoms with Crippen LogP contribution in [0.15, 0.2) is 53.1 Å². The molecule has 0 aliphatic rings. The molecule has 1 N–H and O–H groups in total. The number of amides is 1. The van der Waals surface area contributed by atoms with Crippen LogP contribution in [0.1, 0.15) is 30.5 Å². The van der Waals surface area contributed by atoms with Crippen molar-refractivity contribution in [3.63, 3.8) is 0 Å². The van der Waals surface area contributed by atoms with Crippen LogP contribution < -0.4 is 5.32 Å². The van der Waals surface area contributed by atoms with Gasteiger partial charge in [-0.05, 0) is 25.5 Å². The molecule has 0 aliphatic carbocycles. The lowest BCUT2D eigenvalue weighted by Crippen LogP contribution is -2.13. The van der Waals surface area contributed by atoms with E-state index in [0.29, 0.717) is 37.1 Å². The van der Waals surface area contributed by atoms with Crippen molar-refractivity contribution in [3.8, 4) is 11.6 Å². The average Bonchev–Trinajstić information content (AvgIpc) is 3.47. The number of hydrogen-bond donors (Lipinski definition) is 1. The number of aryl methyl sites for hydroxylation is 3. The predicted molar refractivity (Wildman–Crippen MR) is 111 cm³/mol. The van der Waals surface area contributed by atoms with Crippen molar-refractivity contribution in [2.45, 2.75) is 39.8 Å². The molecule has 1 amide bonds. The molecule has 0 spiro atoms. The first-order valence-electron chi connectivity index (χ1n) is 9.85. The molecule has 0 saturated heterocycles. The SMILES string of the molecule is CCn1nc(C)cc1-c1nnc(CCC(=O)Nc2ccn(Cc3ccccc3)n2)o1. The normalized spacial score (nSPS) is 11.0. The molecule has 0 radical (unpaired) electrons. The maximum atomic E-state index is 12.3. The number of hydrogen-bond acceptors (Lipinski definition) is 6. The number of carbonyl (C=O) groups excluding carboxylic acids is 1. The first-order chi connectivity index (χ1) is 14.6. The summed E-state index contributed by atoms with van der Waals surface area (Å²) < 4.78 is 9.31. The highest BCUT2D eigenvalue weighted by Gasteiger charge is 2.15. The third-order valence-corrected chi connectivity index (χ3v) is 4.55. The topological polar surface area (TPSA) is 104 Å². The number of nitrogens with zero attached hydrogens (tertiary/aromatic N) is 6. The monoisotopic (exact) mass is 405 g/mol. The summed E-state index contributed by atoms with van der Waals surface area (Å²) in [5.74, 6) is 1.18. The minimum absolute atomic E-state index is 0.158. The Morgan fingerprint density at radius 1 is 1.13 bits per heavy atom. The van der Waals surface area contributed by atoms with Crippen molar-refractivity contribution >= 4 is 11.7 Å². The Labute approximate surface area is 173 Å². The van der Waals surface area contributed by atoms with Crippen LogP contribution in [0, 0.1) is 6.92 Å². The number of aromatic nitrogens is 6. The van der Waals surface area contributed by atoms with Gasteiger partial charge in [-0.1, -0.05) is 30.3 Å². The molecule has 0 atom stereocenters. The summed E-state index contributed by atoms with van der Waals surface area (Å²) in [6, 6.07) is 13.7. The van der Waals surface area contributed by atoms with Crippen molar-refractivity contribution in [2.75, 3.05) is 5.32 Å². The minimum atomic E-state index is -0.158. The average molecular weight is 405 g/mol. The van der Waals surface area contributed by atoms with Gasteiger partial charge < -0.3 is 9.73 Å². The van der Waals surface area contributed by atoms with Gasteiger partial charge in [-0.25, -0.2) is 0 Å². The molecule has 3 heterocycles. The summed E-state index contributed by atoms with van der Waals surface area (Å²) in [5.41, 5.74) is 2.81. The van der Waals surface area contributed by atoms with Gasteiger partial charge in [-0.15, -0.1) is 10.2 Å². The van der Waals surface area contributed by atoms with E-state index in [0.717, 1.165) is 17.0 Å². The Bertz CT molecular complexity index is 1130. The summed E-state index contributed by atoms with van der Waals surface area (Å²) in [6.07, 6.45) is 2.41. The van der Waals surface area contributed by atoms with Gasteiger partial charge >= 0.3 is 0 Å². The molecule has 1 aromatic carbocycles. The Morgan fingerprint density at radius 3 is 2.77 bits per heavy atom. The lowest BCUT2D eigenvalue weighted by Gasteiger charge is -2.02. The Morgan fingerprint density at radius 2 is 1.97 bits per heavy atom. The van der Waals surface area contributed by atoms with Crippen LogP contribution >= 0.6 is 0 Å². The van der Waals surface area contributed by atoms with Gasteiger partial charge in [-0.2, -0.15) is 10.2 Å². The molecule has 4 rings (SSSR count). The van der Waals surface area contributed by atoms with Gasteiger partial charge in [0.2, 0.25) is 11.8 Å². The molecular formula is C21H23N7O2. The highest BCUT2D eigenvalue weighted by Crippen LogP contribution is 2.19. The molecular weight excluding hydrogens is 382 g/mol. The van der Waals surface area contributed by atoms with E-state index in [2.05, 4.69) is 25.7 Å². The molecule has 154 valence electrons. The number of benzene rings is 1. The summed E-state index contributed by atoms with van der Waals surface area (Å²) in [5, 5.41) is 19.7. The third-order valence-electron chi connectivity index (χ3n) is 4.55. The second-order valence-corrected chi connectivity index (χ2v) is 6.92. The lowest BCUT2D eigenvalue weighted by atomic mass is 10.2. The zero-order valence-corrected chi connectivity index (χ0v) is 16.9. The standard InChI is InChI=1S/C21H23N7O2/c1-3-28-17(13-15(2)25-28)21-24-23-20(30-21)10-9-19(29)22-18-11-12-27(26-18)14-16-7-5-4-6-8-16/h4-8,11-13H,3,9-10,14H2,1-2H3,(H,22,26,29). The van der Waals surface area contributed by atoms with Gasteiger partial charge in [0, 0.05) is 31.6 Å². The van der Waals surface area contributed by atoms with Gasteiger partial charge in [-0.3, -0.25) is 14.2 Å². The summed E-state index contributed by atoms with van der Waals surface area (Å²) in [4.78, 5) is 12.3. The van der Waals surface area contributed by atoms with E-state index in [9.17, 15) is 4.79 Å². The second-order valence-electron chi connectivity index (χ2n) is 6.92. The number of carbonyl (C=O) groups is 1. The van der Waals surface area contributed by atoms with E-state index < -0.39 is 0 Å². The smallest absolute Gasteiger partial charge is 0.265 e.